The van der Waals surface area contributed by atoms with Gasteiger partial charge in [0.1, 0.15) is 34.7 Å². The summed E-state index contributed by atoms with van der Waals surface area (Å²) in [6.45, 7) is 0.842. The van der Waals surface area contributed by atoms with Crippen LogP contribution in [0.15, 0.2) is 97.1 Å². The van der Waals surface area contributed by atoms with Crippen LogP contribution in [0.4, 0.5) is 0 Å². The molecule has 10 heteroatoms. The molecule has 2 aliphatic rings. The Kier molecular flexibility index (Phi) is 7.65. The van der Waals surface area contributed by atoms with Crippen LogP contribution in [0.2, 0.25) is 0 Å². The van der Waals surface area contributed by atoms with Crippen molar-refractivity contribution in [2.75, 3.05) is 0 Å². The van der Waals surface area contributed by atoms with Gasteiger partial charge in [-0.15, -0.1) is 27.7 Å². The first kappa shape index (κ1) is 29.1. The Morgan fingerprint density at radius 3 is 1.67 bits per heavy atom. The number of ether oxygens (including phenoxy) is 2. The second-order valence-electron chi connectivity index (χ2n) is 11.7. The molecular weight excluding hydrogens is 619 g/mol. The molecule has 1 saturated heterocycles. The predicted octanol–water partition coefficient (Wildman–Crippen LogP) is 7.95. The molecule has 46 heavy (non-hydrogen) atoms. The molecular formula is C36H31N3O5S2. The first-order valence-corrected chi connectivity index (χ1v) is 17.0. The summed E-state index contributed by atoms with van der Waals surface area (Å²) in [6.07, 6.45) is 2.56. The van der Waals surface area contributed by atoms with Gasteiger partial charge in [-0.3, -0.25) is 4.84 Å². The summed E-state index contributed by atoms with van der Waals surface area (Å²) in [4.78, 5) is 26.2. The molecule has 232 valence electrons. The number of hydrogen-bond acceptors (Lipinski definition) is 9. The number of hydrogen-bond donors (Lipinski definition) is 1. The first-order chi connectivity index (χ1) is 22.5. The molecule has 2 unspecified atom stereocenters. The van der Waals surface area contributed by atoms with Crippen LogP contribution in [0.1, 0.15) is 46.8 Å². The second kappa shape index (κ2) is 12.1. The Morgan fingerprint density at radius 1 is 0.761 bits per heavy atom. The van der Waals surface area contributed by atoms with Gasteiger partial charge in [-0.1, -0.05) is 48.5 Å². The Balaban J connectivity index is 0.997. The molecule has 6 aromatic rings. The quantitative estimate of drug-likeness (QED) is 0.149. The van der Waals surface area contributed by atoms with Gasteiger partial charge in [0.15, 0.2) is 0 Å². The Bertz CT molecular complexity index is 1810. The number of hydroxylamine groups is 2. The van der Waals surface area contributed by atoms with E-state index in [-0.39, 0.29) is 11.5 Å². The standard InChI is InChI=1S/C36H31N3O5S2/c40-35(41)34-39(44-34)25-17-19-36(20-18-25,23-9-13-26(14-10-23)42-21-32-37-28-5-1-3-7-30(28)45-32)24-11-15-27(16-12-24)43-22-33-38-29-6-2-4-8-31(29)46-33/h1-16,25,34H,17-22H2,(H,40,41). The van der Waals surface area contributed by atoms with Crippen molar-refractivity contribution in [2.45, 2.75) is 56.6 Å². The maximum Gasteiger partial charge on any atom is 0.352 e. The van der Waals surface area contributed by atoms with Gasteiger partial charge in [0, 0.05) is 11.5 Å². The lowest BCUT2D eigenvalue weighted by Crippen LogP contribution is -2.38. The van der Waals surface area contributed by atoms with Crippen LogP contribution in [-0.2, 0) is 28.3 Å². The van der Waals surface area contributed by atoms with E-state index >= 15 is 0 Å². The SMILES string of the molecule is O=C(O)C1ON1C1CCC(c2ccc(OCc3nc4ccccc4s3)cc2)(c2ccc(OCc3nc4ccccc4s3)cc2)CC1. The largest absolute Gasteiger partial charge is 0.486 e. The summed E-state index contributed by atoms with van der Waals surface area (Å²) >= 11 is 3.30. The number of para-hydroxylation sites is 2. The number of rotatable bonds is 10. The molecule has 8 rings (SSSR count). The number of carboxylic acid groups (broad SMARTS) is 1. The van der Waals surface area contributed by atoms with Gasteiger partial charge in [0.2, 0.25) is 0 Å². The van der Waals surface area contributed by atoms with E-state index in [2.05, 4.69) is 46.4 Å². The third-order valence-electron chi connectivity index (χ3n) is 9.00. The minimum absolute atomic E-state index is 0.0852. The second-order valence-corrected chi connectivity index (χ2v) is 14.0. The summed E-state index contributed by atoms with van der Waals surface area (Å²) in [5, 5.41) is 12.9. The number of benzene rings is 4. The van der Waals surface area contributed by atoms with Gasteiger partial charge in [-0.2, -0.15) is 0 Å². The number of aliphatic carboxylic acids is 1. The number of aromatic nitrogens is 2. The van der Waals surface area contributed by atoms with Crippen LogP contribution in [0.3, 0.4) is 0 Å². The van der Waals surface area contributed by atoms with Crippen LogP contribution >= 0.6 is 22.7 Å². The molecule has 3 heterocycles. The molecule has 0 bridgehead atoms. The topological polar surface area (TPSA) is 97.1 Å². The summed E-state index contributed by atoms with van der Waals surface area (Å²) in [5.74, 6) is 0.666. The average molecular weight is 650 g/mol. The molecule has 2 fully saturated rings. The highest BCUT2D eigenvalue weighted by molar-refractivity contribution is 7.18. The zero-order valence-electron chi connectivity index (χ0n) is 24.9. The first-order valence-electron chi connectivity index (χ1n) is 15.4. The predicted molar refractivity (Wildman–Crippen MR) is 178 cm³/mol. The normalized spacial score (nSPS) is 19.3. The van der Waals surface area contributed by atoms with E-state index in [0.717, 1.165) is 67.6 Å². The van der Waals surface area contributed by atoms with Crippen molar-refractivity contribution in [2.24, 2.45) is 0 Å². The third-order valence-corrected chi connectivity index (χ3v) is 11.0. The van der Waals surface area contributed by atoms with Crippen LogP contribution in [-0.4, -0.2) is 38.4 Å². The van der Waals surface area contributed by atoms with Crippen molar-refractivity contribution < 1.29 is 24.2 Å². The lowest BCUT2D eigenvalue weighted by atomic mass is 9.64. The van der Waals surface area contributed by atoms with E-state index in [1.807, 2.05) is 60.7 Å². The van der Waals surface area contributed by atoms with Crippen molar-refractivity contribution in [3.05, 3.63) is 118 Å². The summed E-state index contributed by atoms with van der Waals surface area (Å²) in [6, 6.07) is 33.2. The van der Waals surface area contributed by atoms with E-state index < -0.39 is 12.2 Å². The molecule has 2 aromatic heterocycles. The summed E-state index contributed by atoms with van der Waals surface area (Å²) in [5.41, 5.74) is 4.18. The summed E-state index contributed by atoms with van der Waals surface area (Å²) in [7, 11) is 0. The lowest BCUT2D eigenvalue weighted by molar-refractivity contribution is -0.138. The molecule has 0 spiro atoms. The molecule has 2 atom stereocenters. The zero-order chi connectivity index (χ0) is 31.1. The Labute approximate surface area is 273 Å². The minimum atomic E-state index is -0.931. The number of nitrogens with zero attached hydrogens (tertiary/aromatic N) is 3. The third kappa shape index (κ3) is 5.73. The van der Waals surface area contributed by atoms with Crippen molar-refractivity contribution in [1.82, 2.24) is 15.0 Å². The van der Waals surface area contributed by atoms with Crippen LogP contribution in [0, 0.1) is 0 Å². The minimum Gasteiger partial charge on any atom is -0.486 e. The molecule has 1 N–H and O–H groups in total. The zero-order valence-corrected chi connectivity index (χ0v) is 26.5. The molecule has 1 aliphatic carbocycles. The molecule has 0 amide bonds. The van der Waals surface area contributed by atoms with Gasteiger partial charge in [-0.05, 0) is 85.3 Å². The van der Waals surface area contributed by atoms with Crippen molar-refractivity contribution >= 4 is 49.1 Å². The van der Waals surface area contributed by atoms with E-state index in [1.54, 1.807) is 27.7 Å². The Hall–Kier alpha value is -4.35. The highest BCUT2D eigenvalue weighted by Gasteiger charge is 2.51. The number of thiazole rings is 2. The molecule has 0 radical (unpaired) electrons. The number of carbonyl (C=O) groups is 1. The van der Waals surface area contributed by atoms with Gasteiger partial charge in [0.05, 0.1) is 20.4 Å². The van der Waals surface area contributed by atoms with Crippen LogP contribution in [0.5, 0.6) is 11.5 Å². The summed E-state index contributed by atoms with van der Waals surface area (Å²) < 4.78 is 14.6. The van der Waals surface area contributed by atoms with Crippen molar-refractivity contribution in [1.29, 1.82) is 0 Å². The average Bonchev–Trinajstić information content (AvgIpc) is 3.62. The van der Waals surface area contributed by atoms with Crippen molar-refractivity contribution in [3.8, 4) is 11.5 Å². The van der Waals surface area contributed by atoms with Gasteiger partial charge >= 0.3 is 5.97 Å². The molecule has 1 aliphatic heterocycles. The smallest absolute Gasteiger partial charge is 0.352 e. The van der Waals surface area contributed by atoms with E-state index in [1.165, 1.54) is 11.1 Å². The highest BCUT2D eigenvalue weighted by atomic mass is 32.1. The van der Waals surface area contributed by atoms with Gasteiger partial charge in [-0.25, -0.2) is 14.8 Å². The lowest BCUT2D eigenvalue weighted by Gasteiger charge is -2.41. The maximum absolute atomic E-state index is 11.4. The van der Waals surface area contributed by atoms with E-state index in [4.69, 9.17) is 14.3 Å². The van der Waals surface area contributed by atoms with Crippen molar-refractivity contribution in [3.63, 3.8) is 0 Å². The molecule has 8 nitrogen and oxygen atoms in total. The number of fused-ring (bicyclic) bond motifs is 2. The van der Waals surface area contributed by atoms with Gasteiger partial charge < -0.3 is 14.6 Å². The van der Waals surface area contributed by atoms with E-state index in [9.17, 15) is 9.90 Å². The maximum atomic E-state index is 11.4. The van der Waals surface area contributed by atoms with Gasteiger partial charge in [0.25, 0.3) is 6.23 Å². The fourth-order valence-corrected chi connectivity index (χ4v) is 8.37. The Morgan fingerprint density at radius 2 is 1.24 bits per heavy atom. The highest BCUT2D eigenvalue weighted by Crippen LogP contribution is 2.48. The van der Waals surface area contributed by atoms with Crippen LogP contribution in [0.25, 0.3) is 20.4 Å². The van der Waals surface area contributed by atoms with Crippen LogP contribution < -0.4 is 9.47 Å². The fourth-order valence-electron chi connectivity index (χ4n) is 6.61. The molecule has 1 saturated carbocycles. The molecule has 4 aromatic carbocycles. The number of carboxylic acids is 1. The van der Waals surface area contributed by atoms with E-state index in [0.29, 0.717) is 13.2 Å². The fraction of sp³-hybridized carbons (Fsp3) is 0.250. The monoisotopic (exact) mass is 649 g/mol.